The van der Waals surface area contributed by atoms with E-state index in [-0.39, 0.29) is 31.7 Å². The van der Waals surface area contributed by atoms with Gasteiger partial charge in [0.05, 0.1) is 32.3 Å². The summed E-state index contributed by atoms with van der Waals surface area (Å²) in [6, 6.07) is -17.2. The molecule has 15 amide bonds. The number of unbranched alkanes of at least 4 members (excludes halogenated alkanes) is 1. The Bertz CT molecular complexity index is 2890. The van der Waals surface area contributed by atoms with Crippen molar-refractivity contribution < 1.29 is 112 Å². The first kappa shape index (κ1) is 91.6. The molecule has 0 radical (unpaired) electrons. The molecule has 101 heavy (non-hydrogen) atoms. The van der Waals surface area contributed by atoms with E-state index in [1.807, 2.05) is 0 Å². The molecule has 13 atom stereocenters. The van der Waals surface area contributed by atoms with Crippen LogP contribution in [0.1, 0.15) is 140 Å². The van der Waals surface area contributed by atoms with Crippen LogP contribution < -0.4 is 85.9 Å². The van der Waals surface area contributed by atoms with Crippen molar-refractivity contribution in [2.75, 3.05) is 38.7 Å². The van der Waals surface area contributed by atoms with Crippen molar-refractivity contribution >= 4 is 118 Å². The zero-order valence-corrected chi connectivity index (χ0v) is 59.1. The Morgan fingerprint density at radius 1 is 0.406 bits per heavy atom. The zero-order chi connectivity index (χ0) is 77.6. The lowest BCUT2D eigenvalue weighted by Gasteiger charge is -2.29. The van der Waals surface area contributed by atoms with E-state index in [0.717, 1.165) is 6.92 Å². The summed E-state index contributed by atoms with van der Waals surface area (Å²) in [7, 11) is 0. The lowest BCUT2D eigenvalue weighted by Crippen LogP contribution is -2.62. The number of carboxylic acid groups (broad SMARTS) is 3. The van der Waals surface area contributed by atoms with Crippen molar-refractivity contribution in [1.82, 2.24) is 74.4 Å². The number of primary amides is 1. The Morgan fingerprint density at radius 2 is 0.792 bits per heavy atom. The number of carbonyl (C=O) groups is 18. The number of rotatable bonds is 50. The van der Waals surface area contributed by atoms with Gasteiger partial charge in [-0.05, 0) is 89.0 Å². The fraction of sp³-hybridized carbons (Fsp3) is 0.705. The van der Waals surface area contributed by atoms with Gasteiger partial charge in [0.1, 0.15) is 72.3 Å². The number of carboxylic acids is 3. The largest absolute Gasteiger partial charge is 0.481 e. The van der Waals surface area contributed by atoms with Crippen LogP contribution in [0, 0.1) is 23.7 Å². The first-order chi connectivity index (χ1) is 47.1. The Kier molecular flexibility index (Phi) is 43.2. The fourth-order valence-corrected chi connectivity index (χ4v) is 9.29. The van der Waals surface area contributed by atoms with Gasteiger partial charge in [-0.15, -0.1) is 11.6 Å². The summed E-state index contributed by atoms with van der Waals surface area (Å²) in [6.07, 6.45) is -4.59. The number of hydrogen-bond acceptors (Lipinski definition) is 21. The van der Waals surface area contributed by atoms with Gasteiger partial charge in [-0.1, -0.05) is 61.8 Å². The molecule has 0 rings (SSSR count). The summed E-state index contributed by atoms with van der Waals surface area (Å²) in [4.78, 5) is 233. The molecule has 39 nitrogen and oxygen atoms in total. The van der Waals surface area contributed by atoms with Gasteiger partial charge in [0, 0.05) is 19.3 Å². The van der Waals surface area contributed by atoms with Gasteiger partial charge in [0.15, 0.2) is 0 Å². The van der Waals surface area contributed by atoms with Crippen molar-refractivity contribution in [3.63, 3.8) is 0 Å². The van der Waals surface area contributed by atoms with E-state index in [9.17, 15) is 112 Å². The quantitative estimate of drug-likeness (QED) is 0.0199. The van der Waals surface area contributed by atoms with Gasteiger partial charge in [0.2, 0.25) is 88.6 Å². The molecule has 0 heterocycles. The molecule has 0 aliphatic rings. The van der Waals surface area contributed by atoms with Crippen LogP contribution in [0.3, 0.4) is 0 Å². The van der Waals surface area contributed by atoms with Crippen LogP contribution in [0.15, 0.2) is 0 Å². The molecule has 23 N–H and O–H groups in total. The van der Waals surface area contributed by atoms with Crippen molar-refractivity contribution in [3.8, 4) is 0 Å². The van der Waals surface area contributed by atoms with Crippen molar-refractivity contribution in [2.24, 2.45) is 35.1 Å². The minimum absolute atomic E-state index is 0.0832. The third-order valence-electron chi connectivity index (χ3n) is 15.2. The molecular formula is C61H103ClN16O23. The SMILES string of the molecule is CC[C@H](C)[C@H](NC(=O)[C@H](CC(C)C)NC(=O)CNC(=O)[C@@H](NC(=O)[C@H](CO)NC(=O)[C@@H](NC(=O)[C@@H](NC(=O)CNC(=O)[C@H](C)NC(=O)[C@H](CCCCN)NC(=O)[C@H](CCC(=O)O)NC(=O)[C@H](CCC(=O)O)NC(=O)[C@H](CCC(N)=O)NC(=O)CNC(=O)CCl)C(C)C)C(C)C)[C@@H](C)O)C(=O)O. The number of nitrogens with two attached hydrogens (primary N) is 2. The number of alkyl halides is 1. The Hall–Kier alpha value is -9.37. The third-order valence-corrected chi connectivity index (χ3v) is 15.4. The number of aliphatic hydroxyl groups excluding tert-OH is 2. The Balaban J connectivity index is 6.24. The van der Waals surface area contributed by atoms with Gasteiger partial charge in [-0.3, -0.25) is 81.5 Å². The van der Waals surface area contributed by atoms with Crippen LogP contribution in [0.4, 0.5) is 0 Å². The topological polar surface area (TPSA) is 629 Å². The summed E-state index contributed by atoms with van der Waals surface area (Å²) >= 11 is 5.43. The highest BCUT2D eigenvalue weighted by Gasteiger charge is 2.38. The monoisotopic (exact) mass is 1460 g/mol. The van der Waals surface area contributed by atoms with Gasteiger partial charge in [0.25, 0.3) is 0 Å². The number of aliphatic carboxylic acids is 3. The molecule has 0 spiro atoms. The summed E-state index contributed by atoms with van der Waals surface area (Å²) in [5.74, 6) is -21.8. The molecule has 0 aromatic rings. The summed E-state index contributed by atoms with van der Waals surface area (Å²) in [6.45, 7) is 12.0. The van der Waals surface area contributed by atoms with E-state index in [1.54, 1.807) is 27.7 Å². The van der Waals surface area contributed by atoms with E-state index in [0.29, 0.717) is 12.8 Å². The molecule has 0 bridgehead atoms. The molecule has 572 valence electrons. The van der Waals surface area contributed by atoms with Crippen LogP contribution in [-0.2, 0) is 86.3 Å². The van der Waals surface area contributed by atoms with E-state index >= 15 is 0 Å². The number of aliphatic hydroxyl groups is 2. The van der Waals surface area contributed by atoms with Crippen molar-refractivity contribution in [3.05, 3.63) is 0 Å². The minimum atomic E-state index is -1.82. The molecular weight excluding hydrogens is 1360 g/mol. The van der Waals surface area contributed by atoms with Crippen LogP contribution in [-0.4, -0.2) is 243 Å². The second-order valence-corrected chi connectivity index (χ2v) is 25.3. The molecule has 40 heteroatoms. The van der Waals surface area contributed by atoms with Crippen molar-refractivity contribution in [2.45, 2.75) is 212 Å². The van der Waals surface area contributed by atoms with Crippen LogP contribution in [0.25, 0.3) is 0 Å². The summed E-state index contributed by atoms with van der Waals surface area (Å²) < 4.78 is 0. The van der Waals surface area contributed by atoms with E-state index < -0.39 is 267 Å². The number of amides is 15. The standard InChI is InChI=1S/C61H103ClN16O23/c1-11-31(8)49(61(100)101)77-56(95)38(22-28(2)3)70-43(84)25-67-58(97)50(33(10)80)78-57(96)39(27-79)74-59(98)48(30(6)7)76-60(99)47(29(4)5)75-44(85)26-66-51(90)32(9)68-52(91)34(14-12-13-21-63)71-54(93)36(16-19-45(86)87)73-55(94)37(17-20-46(88)89)72-53(92)35(15-18-40(64)81)69-42(83)24-65-41(82)23-62/h28-39,47-50,79-80H,11-27,63H2,1-10H3,(H2,64,81)(H,65,82)(H,66,90)(H,67,97)(H,68,91)(H,69,83)(H,70,84)(H,71,93)(H,72,92)(H,73,94)(H,74,98)(H,75,85)(H,76,99)(H,77,95)(H,78,96)(H,86,87)(H,88,89)(H,100,101)/t31-,32-,33+,34-,35-,36-,37-,38-,39-,47-,48-,49-,50-/m0/s1. The number of hydrogen-bond donors (Lipinski definition) is 21. The molecule has 0 aliphatic carbocycles. The van der Waals surface area contributed by atoms with Gasteiger partial charge in [-0.2, -0.15) is 0 Å². The number of halogens is 1. The third kappa shape index (κ3) is 36.5. The van der Waals surface area contributed by atoms with Gasteiger partial charge < -0.3 is 111 Å². The Morgan fingerprint density at radius 3 is 1.23 bits per heavy atom. The fourth-order valence-electron chi connectivity index (χ4n) is 9.19. The number of carbonyl (C=O) groups excluding carboxylic acids is 15. The average Bonchev–Trinajstić information content (AvgIpc) is 0.865. The number of nitrogens with one attached hydrogen (secondary N) is 14. The van der Waals surface area contributed by atoms with Crippen LogP contribution in [0.5, 0.6) is 0 Å². The maximum atomic E-state index is 14.0. The smallest absolute Gasteiger partial charge is 0.326 e. The first-order valence-electron chi connectivity index (χ1n) is 32.8. The Labute approximate surface area is 588 Å². The summed E-state index contributed by atoms with van der Waals surface area (Å²) in [5, 5.41) is 81.8. The highest BCUT2D eigenvalue weighted by atomic mass is 35.5. The second-order valence-electron chi connectivity index (χ2n) is 25.0. The highest BCUT2D eigenvalue weighted by molar-refractivity contribution is 6.27. The van der Waals surface area contributed by atoms with Crippen LogP contribution in [0.2, 0.25) is 0 Å². The maximum Gasteiger partial charge on any atom is 0.326 e. The van der Waals surface area contributed by atoms with Crippen molar-refractivity contribution in [1.29, 1.82) is 0 Å². The van der Waals surface area contributed by atoms with E-state index in [1.165, 1.54) is 34.6 Å². The molecule has 0 aromatic heterocycles. The van der Waals surface area contributed by atoms with Gasteiger partial charge in [-0.25, -0.2) is 4.79 Å². The first-order valence-corrected chi connectivity index (χ1v) is 33.3. The maximum absolute atomic E-state index is 14.0. The molecule has 0 unspecified atom stereocenters. The average molecular weight is 1460 g/mol. The predicted octanol–water partition coefficient (Wildman–Crippen LogP) is -7.09. The minimum Gasteiger partial charge on any atom is -0.481 e. The summed E-state index contributed by atoms with van der Waals surface area (Å²) in [5.41, 5.74) is 10.9. The zero-order valence-electron chi connectivity index (χ0n) is 58.4. The molecule has 0 saturated heterocycles. The molecule has 0 fully saturated rings. The lowest BCUT2D eigenvalue weighted by atomic mass is 9.97. The van der Waals surface area contributed by atoms with Gasteiger partial charge >= 0.3 is 17.9 Å². The molecule has 0 aromatic carbocycles. The molecule has 0 saturated carbocycles. The van der Waals surface area contributed by atoms with Crippen LogP contribution >= 0.6 is 11.6 Å². The van der Waals surface area contributed by atoms with E-state index in [4.69, 9.17) is 23.1 Å². The molecule has 0 aliphatic heterocycles. The normalized spacial score (nSPS) is 14.9. The predicted molar refractivity (Wildman–Crippen MR) is 357 cm³/mol. The highest BCUT2D eigenvalue weighted by Crippen LogP contribution is 2.13. The van der Waals surface area contributed by atoms with E-state index in [2.05, 4.69) is 74.4 Å². The lowest BCUT2D eigenvalue weighted by molar-refractivity contribution is -0.144. The second kappa shape index (κ2) is 47.6.